The van der Waals surface area contributed by atoms with Crippen molar-refractivity contribution in [3.05, 3.63) is 71.7 Å². The molecule has 3 rings (SSSR count). The number of hydrogen-bond acceptors (Lipinski definition) is 3. The zero-order chi connectivity index (χ0) is 14.7. The molecule has 0 spiro atoms. The standard InChI is InChI=1S/C17H14FNO2/c18-14-7-12(10-20)8-16(9-14)21-11-15-6-5-13-3-1-2-4-17(13)19-15/h1-9,20H,10-11H2. The number of hydrogen-bond donors (Lipinski definition) is 1. The Morgan fingerprint density at radius 2 is 1.90 bits per heavy atom. The molecule has 3 nitrogen and oxygen atoms in total. The number of benzene rings is 2. The van der Waals surface area contributed by atoms with Crippen LogP contribution in [0.3, 0.4) is 0 Å². The third-order valence-corrected chi connectivity index (χ3v) is 3.16. The van der Waals surface area contributed by atoms with Crippen molar-refractivity contribution >= 4 is 10.9 Å². The Bertz CT molecular complexity index is 774. The Hall–Kier alpha value is -2.46. The first kappa shape index (κ1) is 13.5. The first-order valence-electron chi connectivity index (χ1n) is 6.62. The molecule has 0 aliphatic carbocycles. The van der Waals surface area contributed by atoms with Crippen LogP contribution in [0.1, 0.15) is 11.3 Å². The lowest BCUT2D eigenvalue weighted by molar-refractivity contribution is 0.276. The normalized spacial score (nSPS) is 10.8. The van der Waals surface area contributed by atoms with Gasteiger partial charge in [0, 0.05) is 11.5 Å². The Morgan fingerprint density at radius 1 is 1.05 bits per heavy atom. The van der Waals surface area contributed by atoms with E-state index in [-0.39, 0.29) is 13.2 Å². The Labute approximate surface area is 121 Å². The second-order valence-electron chi connectivity index (χ2n) is 4.74. The van der Waals surface area contributed by atoms with E-state index in [0.717, 1.165) is 16.6 Å². The van der Waals surface area contributed by atoms with E-state index in [2.05, 4.69) is 4.98 Å². The van der Waals surface area contributed by atoms with E-state index in [1.54, 1.807) is 6.07 Å². The minimum absolute atomic E-state index is 0.220. The highest BCUT2D eigenvalue weighted by Crippen LogP contribution is 2.18. The topological polar surface area (TPSA) is 42.4 Å². The SMILES string of the molecule is OCc1cc(F)cc(OCc2ccc3ccccc3n2)c1. The van der Waals surface area contributed by atoms with Crippen molar-refractivity contribution < 1.29 is 14.2 Å². The molecular formula is C17H14FNO2. The van der Waals surface area contributed by atoms with Gasteiger partial charge in [-0.1, -0.05) is 24.3 Å². The van der Waals surface area contributed by atoms with Crippen molar-refractivity contribution in [2.75, 3.05) is 0 Å². The molecule has 0 fully saturated rings. The largest absolute Gasteiger partial charge is 0.487 e. The summed E-state index contributed by atoms with van der Waals surface area (Å²) >= 11 is 0. The van der Waals surface area contributed by atoms with Gasteiger partial charge in [0.1, 0.15) is 18.2 Å². The van der Waals surface area contributed by atoms with Gasteiger partial charge in [-0.2, -0.15) is 0 Å². The summed E-state index contributed by atoms with van der Waals surface area (Å²) in [5, 5.41) is 10.1. The van der Waals surface area contributed by atoms with Gasteiger partial charge < -0.3 is 9.84 Å². The predicted octanol–water partition coefficient (Wildman–Crippen LogP) is 3.45. The van der Waals surface area contributed by atoms with E-state index in [9.17, 15) is 4.39 Å². The number of rotatable bonds is 4. The van der Waals surface area contributed by atoms with Crippen LogP contribution in [0.4, 0.5) is 4.39 Å². The molecule has 106 valence electrons. The van der Waals surface area contributed by atoms with E-state index < -0.39 is 5.82 Å². The van der Waals surface area contributed by atoms with E-state index >= 15 is 0 Å². The van der Waals surface area contributed by atoms with Gasteiger partial charge in [0.05, 0.1) is 17.8 Å². The molecule has 0 radical (unpaired) electrons. The molecule has 1 aromatic heterocycles. The van der Waals surface area contributed by atoms with Crippen molar-refractivity contribution in [1.29, 1.82) is 0 Å². The molecule has 1 heterocycles. The summed E-state index contributed by atoms with van der Waals surface area (Å²) in [6, 6.07) is 15.9. The first-order valence-corrected chi connectivity index (χ1v) is 6.62. The number of aromatic nitrogens is 1. The summed E-state index contributed by atoms with van der Waals surface area (Å²) in [5.41, 5.74) is 2.15. The minimum atomic E-state index is -0.428. The van der Waals surface area contributed by atoms with Crippen LogP contribution in [0.5, 0.6) is 5.75 Å². The van der Waals surface area contributed by atoms with Crippen molar-refractivity contribution in [3.63, 3.8) is 0 Å². The average Bonchev–Trinajstić information content (AvgIpc) is 2.52. The van der Waals surface area contributed by atoms with Crippen LogP contribution in [0.2, 0.25) is 0 Å². The number of ether oxygens (including phenoxy) is 1. The van der Waals surface area contributed by atoms with E-state index in [4.69, 9.17) is 9.84 Å². The molecule has 0 amide bonds. The lowest BCUT2D eigenvalue weighted by atomic mass is 10.2. The van der Waals surface area contributed by atoms with Crippen LogP contribution in [0, 0.1) is 5.82 Å². The molecule has 0 aliphatic heterocycles. The van der Waals surface area contributed by atoms with Crippen LogP contribution >= 0.6 is 0 Å². The van der Waals surface area contributed by atoms with E-state index in [1.807, 2.05) is 36.4 Å². The fourth-order valence-electron chi connectivity index (χ4n) is 2.14. The predicted molar refractivity (Wildman–Crippen MR) is 78.4 cm³/mol. The summed E-state index contributed by atoms with van der Waals surface area (Å²) in [5.74, 6) is -0.0444. The number of aliphatic hydroxyl groups is 1. The molecule has 4 heteroatoms. The second kappa shape index (κ2) is 5.89. The summed E-state index contributed by atoms with van der Waals surface area (Å²) in [6.07, 6.45) is 0. The highest BCUT2D eigenvalue weighted by Gasteiger charge is 2.03. The Kier molecular flexibility index (Phi) is 3.79. The second-order valence-corrected chi connectivity index (χ2v) is 4.74. The smallest absolute Gasteiger partial charge is 0.130 e. The molecule has 3 aromatic rings. The first-order chi connectivity index (χ1) is 10.2. The monoisotopic (exact) mass is 283 g/mol. The maximum absolute atomic E-state index is 13.3. The molecule has 21 heavy (non-hydrogen) atoms. The molecule has 0 aliphatic rings. The quantitative estimate of drug-likeness (QED) is 0.797. The van der Waals surface area contributed by atoms with Gasteiger partial charge in [0.15, 0.2) is 0 Å². The van der Waals surface area contributed by atoms with Gasteiger partial charge in [0.2, 0.25) is 0 Å². The van der Waals surface area contributed by atoms with Crippen LogP contribution in [-0.2, 0) is 13.2 Å². The molecular weight excluding hydrogens is 269 g/mol. The molecule has 2 aromatic carbocycles. The summed E-state index contributed by atoms with van der Waals surface area (Å²) in [4.78, 5) is 4.49. The van der Waals surface area contributed by atoms with E-state index in [1.165, 1.54) is 12.1 Å². The van der Waals surface area contributed by atoms with Crippen molar-refractivity contribution in [2.24, 2.45) is 0 Å². The van der Waals surface area contributed by atoms with Gasteiger partial charge in [0.25, 0.3) is 0 Å². The van der Waals surface area contributed by atoms with Gasteiger partial charge >= 0.3 is 0 Å². The maximum Gasteiger partial charge on any atom is 0.130 e. The molecule has 0 saturated carbocycles. The summed E-state index contributed by atoms with van der Waals surface area (Å²) in [6.45, 7) is 0.0293. The number of para-hydroxylation sites is 1. The highest BCUT2D eigenvalue weighted by molar-refractivity contribution is 5.78. The van der Waals surface area contributed by atoms with Crippen molar-refractivity contribution in [2.45, 2.75) is 13.2 Å². The lowest BCUT2D eigenvalue weighted by Gasteiger charge is -2.08. The summed E-state index contributed by atoms with van der Waals surface area (Å²) in [7, 11) is 0. The molecule has 0 saturated heterocycles. The third-order valence-electron chi connectivity index (χ3n) is 3.16. The van der Waals surface area contributed by atoms with Crippen LogP contribution in [0.15, 0.2) is 54.6 Å². The van der Waals surface area contributed by atoms with Crippen molar-refractivity contribution in [3.8, 4) is 5.75 Å². The van der Waals surface area contributed by atoms with Gasteiger partial charge in [-0.25, -0.2) is 9.37 Å². The molecule has 0 unspecified atom stereocenters. The third kappa shape index (κ3) is 3.17. The average molecular weight is 283 g/mol. The van der Waals surface area contributed by atoms with Gasteiger partial charge in [-0.15, -0.1) is 0 Å². The molecule has 0 bridgehead atoms. The van der Waals surface area contributed by atoms with Crippen LogP contribution in [-0.4, -0.2) is 10.1 Å². The lowest BCUT2D eigenvalue weighted by Crippen LogP contribution is -1.99. The minimum Gasteiger partial charge on any atom is -0.487 e. The number of nitrogens with zero attached hydrogens (tertiary/aromatic N) is 1. The molecule has 0 atom stereocenters. The number of halogens is 1. The van der Waals surface area contributed by atoms with Crippen molar-refractivity contribution in [1.82, 2.24) is 4.98 Å². The number of aliphatic hydroxyl groups excluding tert-OH is 1. The van der Waals surface area contributed by atoms with E-state index in [0.29, 0.717) is 11.3 Å². The zero-order valence-corrected chi connectivity index (χ0v) is 11.3. The Balaban J connectivity index is 1.78. The fourth-order valence-corrected chi connectivity index (χ4v) is 2.14. The van der Waals surface area contributed by atoms with Crippen LogP contribution in [0.25, 0.3) is 10.9 Å². The number of pyridine rings is 1. The fraction of sp³-hybridized carbons (Fsp3) is 0.118. The number of fused-ring (bicyclic) bond motifs is 1. The van der Waals surface area contributed by atoms with Crippen LogP contribution < -0.4 is 4.74 Å². The maximum atomic E-state index is 13.3. The van der Waals surface area contributed by atoms with Gasteiger partial charge in [-0.3, -0.25) is 0 Å². The summed E-state index contributed by atoms with van der Waals surface area (Å²) < 4.78 is 18.9. The zero-order valence-electron chi connectivity index (χ0n) is 11.3. The highest BCUT2D eigenvalue weighted by atomic mass is 19.1. The van der Waals surface area contributed by atoms with Gasteiger partial charge in [-0.05, 0) is 29.8 Å². The Morgan fingerprint density at radius 3 is 2.76 bits per heavy atom. The molecule has 1 N–H and O–H groups in total.